The summed E-state index contributed by atoms with van der Waals surface area (Å²) in [5.41, 5.74) is 0. The third kappa shape index (κ3) is 2.42. The lowest BCUT2D eigenvalue weighted by Crippen LogP contribution is -2.11. The van der Waals surface area contributed by atoms with E-state index in [1.165, 1.54) is 4.68 Å². The van der Waals surface area contributed by atoms with Gasteiger partial charge in [0.1, 0.15) is 5.82 Å². The molecule has 0 fully saturated rings. The first-order valence-electron chi connectivity index (χ1n) is 5.33. The molecule has 0 aliphatic heterocycles. The molecule has 1 amide bonds. The summed E-state index contributed by atoms with van der Waals surface area (Å²) in [6.45, 7) is 3.92. The van der Waals surface area contributed by atoms with Crippen molar-refractivity contribution in [2.75, 3.05) is 5.32 Å². The minimum Gasteiger partial charge on any atom is -0.465 e. The van der Waals surface area contributed by atoms with E-state index in [-0.39, 0.29) is 11.7 Å². The number of hydrogen-bond acceptors (Lipinski definition) is 5. The first kappa shape index (κ1) is 12.0. The highest BCUT2D eigenvalue weighted by molar-refractivity contribution is 5.81. The van der Waals surface area contributed by atoms with Crippen molar-refractivity contribution in [3.05, 3.63) is 24.0 Å². The van der Waals surface area contributed by atoms with Gasteiger partial charge in [-0.05, 0) is 22.6 Å². The van der Waals surface area contributed by atoms with Gasteiger partial charge < -0.3 is 5.11 Å². The van der Waals surface area contributed by atoms with Gasteiger partial charge in [-0.2, -0.15) is 4.68 Å². The van der Waals surface area contributed by atoms with Crippen molar-refractivity contribution in [2.45, 2.75) is 19.8 Å². The molecule has 2 N–H and O–H groups in total. The van der Waals surface area contributed by atoms with Gasteiger partial charge >= 0.3 is 6.09 Å². The summed E-state index contributed by atoms with van der Waals surface area (Å²) in [4.78, 5) is 14.7. The summed E-state index contributed by atoms with van der Waals surface area (Å²) < 4.78 is 1.48. The second-order valence-corrected chi connectivity index (χ2v) is 3.91. The second kappa shape index (κ2) is 4.78. The zero-order valence-corrected chi connectivity index (χ0v) is 9.90. The number of nitrogens with one attached hydrogen (secondary N) is 1. The van der Waals surface area contributed by atoms with E-state index >= 15 is 0 Å². The van der Waals surface area contributed by atoms with Crippen LogP contribution in [0, 0.1) is 0 Å². The Labute approximate surface area is 103 Å². The maximum absolute atomic E-state index is 10.5. The Bertz CT molecular complexity index is 565. The van der Waals surface area contributed by atoms with Crippen LogP contribution in [0.15, 0.2) is 18.2 Å². The topological polar surface area (TPSA) is 106 Å². The van der Waals surface area contributed by atoms with Gasteiger partial charge in [-0.25, -0.2) is 9.78 Å². The highest BCUT2D eigenvalue weighted by Gasteiger charge is 2.13. The number of hydrogen-bond donors (Lipinski definition) is 2. The summed E-state index contributed by atoms with van der Waals surface area (Å²) in [7, 11) is 0. The highest BCUT2D eigenvalue weighted by Crippen LogP contribution is 2.15. The molecule has 8 heteroatoms. The van der Waals surface area contributed by atoms with Crippen molar-refractivity contribution in [3.63, 3.8) is 0 Å². The molecule has 18 heavy (non-hydrogen) atoms. The molecule has 0 aromatic carbocycles. The van der Waals surface area contributed by atoms with Crippen molar-refractivity contribution in [2.24, 2.45) is 0 Å². The highest BCUT2D eigenvalue weighted by atomic mass is 16.4. The van der Waals surface area contributed by atoms with Crippen LogP contribution in [0.25, 0.3) is 5.82 Å². The minimum atomic E-state index is -1.17. The van der Waals surface area contributed by atoms with Crippen LogP contribution in [0.5, 0.6) is 0 Å². The summed E-state index contributed by atoms with van der Waals surface area (Å²) in [5, 5.41) is 22.2. The lowest BCUT2D eigenvalue weighted by molar-refractivity contribution is 0.209. The molecule has 0 spiro atoms. The fraction of sp³-hybridized carbons (Fsp3) is 0.300. The zero-order chi connectivity index (χ0) is 13.1. The number of anilines is 1. The molecule has 2 aromatic rings. The number of amides is 1. The molecule has 0 saturated carbocycles. The number of rotatable bonds is 3. The second-order valence-electron chi connectivity index (χ2n) is 3.91. The van der Waals surface area contributed by atoms with Gasteiger partial charge in [-0.3, -0.25) is 5.32 Å². The summed E-state index contributed by atoms with van der Waals surface area (Å²) in [6.07, 6.45) is -1.17. The van der Waals surface area contributed by atoms with E-state index in [0.717, 1.165) is 0 Å². The predicted octanol–water partition coefficient (Wildman–Crippen LogP) is 1.27. The van der Waals surface area contributed by atoms with E-state index in [1.807, 2.05) is 13.8 Å². The van der Waals surface area contributed by atoms with Crippen molar-refractivity contribution < 1.29 is 9.90 Å². The third-order valence-electron chi connectivity index (χ3n) is 2.20. The standard InChI is InChI=1S/C10H12N6O2/c1-6(2)9-13-14-15-16(9)8-5-3-4-7(11-8)12-10(17)18/h3-6H,1-2H3,(H,11,12)(H,17,18). The Hall–Kier alpha value is -2.51. The third-order valence-corrected chi connectivity index (χ3v) is 2.20. The average Bonchev–Trinajstić information content (AvgIpc) is 2.77. The number of carbonyl (C=O) groups is 1. The molecule has 0 aliphatic rings. The average molecular weight is 248 g/mol. The Morgan fingerprint density at radius 1 is 1.44 bits per heavy atom. The molecule has 2 aromatic heterocycles. The fourth-order valence-electron chi connectivity index (χ4n) is 1.44. The fourth-order valence-corrected chi connectivity index (χ4v) is 1.44. The van der Waals surface area contributed by atoms with Gasteiger partial charge in [-0.15, -0.1) is 5.10 Å². The quantitative estimate of drug-likeness (QED) is 0.847. The minimum absolute atomic E-state index is 0.137. The molecular formula is C10H12N6O2. The van der Waals surface area contributed by atoms with E-state index in [2.05, 4.69) is 25.8 Å². The van der Waals surface area contributed by atoms with E-state index in [4.69, 9.17) is 5.11 Å². The molecular weight excluding hydrogens is 236 g/mol. The van der Waals surface area contributed by atoms with Gasteiger partial charge in [0.15, 0.2) is 11.6 Å². The molecule has 0 saturated heterocycles. The van der Waals surface area contributed by atoms with Gasteiger partial charge in [0.2, 0.25) is 0 Å². The van der Waals surface area contributed by atoms with E-state index < -0.39 is 6.09 Å². The van der Waals surface area contributed by atoms with Crippen LogP contribution < -0.4 is 5.32 Å². The summed E-state index contributed by atoms with van der Waals surface area (Å²) >= 11 is 0. The van der Waals surface area contributed by atoms with Crippen LogP contribution >= 0.6 is 0 Å². The number of aromatic nitrogens is 5. The van der Waals surface area contributed by atoms with Crippen LogP contribution in [-0.4, -0.2) is 36.4 Å². The molecule has 0 bridgehead atoms. The Balaban J connectivity index is 2.38. The molecule has 2 heterocycles. The van der Waals surface area contributed by atoms with Gasteiger partial charge in [0.05, 0.1) is 0 Å². The lowest BCUT2D eigenvalue weighted by atomic mass is 10.2. The van der Waals surface area contributed by atoms with Crippen molar-refractivity contribution in [1.82, 2.24) is 25.2 Å². The molecule has 2 rings (SSSR count). The lowest BCUT2D eigenvalue weighted by Gasteiger charge is -2.07. The number of tetrazole rings is 1. The van der Waals surface area contributed by atoms with Crippen molar-refractivity contribution in [1.29, 1.82) is 0 Å². The Morgan fingerprint density at radius 2 is 2.22 bits per heavy atom. The Kier molecular flexibility index (Phi) is 3.18. The first-order chi connectivity index (χ1) is 8.58. The van der Waals surface area contributed by atoms with Gasteiger partial charge in [0, 0.05) is 5.92 Å². The molecule has 94 valence electrons. The van der Waals surface area contributed by atoms with Crippen LogP contribution in [0.2, 0.25) is 0 Å². The van der Waals surface area contributed by atoms with Crippen LogP contribution in [-0.2, 0) is 0 Å². The molecule has 0 atom stereocenters. The van der Waals surface area contributed by atoms with Crippen molar-refractivity contribution >= 4 is 11.9 Å². The normalized spacial score (nSPS) is 10.6. The molecule has 0 radical (unpaired) electrons. The monoisotopic (exact) mass is 248 g/mol. The van der Waals surface area contributed by atoms with Crippen molar-refractivity contribution in [3.8, 4) is 5.82 Å². The SMILES string of the molecule is CC(C)c1nnnn1-c1cccc(NC(=O)O)n1. The predicted molar refractivity (Wildman–Crippen MR) is 62.7 cm³/mol. The van der Waals surface area contributed by atoms with Gasteiger partial charge in [0.25, 0.3) is 0 Å². The van der Waals surface area contributed by atoms with E-state index in [0.29, 0.717) is 11.6 Å². The number of nitrogens with zero attached hydrogens (tertiary/aromatic N) is 5. The molecule has 0 aliphatic carbocycles. The zero-order valence-electron chi connectivity index (χ0n) is 9.90. The number of carboxylic acid groups (broad SMARTS) is 1. The van der Waals surface area contributed by atoms with Gasteiger partial charge in [-0.1, -0.05) is 19.9 Å². The largest absolute Gasteiger partial charge is 0.465 e. The number of pyridine rings is 1. The maximum Gasteiger partial charge on any atom is 0.410 e. The first-order valence-corrected chi connectivity index (χ1v) is 5.33. The summed E-state index contributed by atoms with van der Waals surface area (Å²) in [6, 6.07) is 4.94. The molecule has 8 nitrogen and oxygen atoms in total. The van der Waals surface area contributed by atoms with Crippen LogP contribution in [0.1, 0.15) is 25.6 Å². The van der Waals surface area contributed by atoms with Crippen LogP contribution in [0.4, 0.5) is 10.6 Å². The van der Waals surface area contributed by atoms with E-state index in [9.17, 15) is 4.79 Å². The Morgan fingerprint density at radius 3 is 2.89 bits per heavy atom. The maximum atomic E-state index is 10.5. The molecule has 0 unspecified atom stereocenters. The van der Waals surface area contributed by atoms with Crippen LogP contribution in [0.3, 0.4) is 0 Å². The summed E-state index contributed by atoms with van der Waals surface area (Å²) in [5.74, 6) is 1.49. The van der Waals surface area contributed by atoms with E-state index in [1.54, 1.807) is 18.2 Å². The smallest absolute Gasteiger partial charge is 0.410 e.